The number of aryl methyl sites for hydroxylation is 3. The Morgan fingerprint density at radius 1 is 1.07 bits per heavy atom. The summed E-state index contributed by atoms with van der Waals surface area (Å²) in [5.74, 6) is 0.360. The molecule has 0 radical (unpaired) electrons. The third kappa shape index (κ3) is 3.62. The molecule has 2 amide bonds. The minimum atomic E-state index is -0.212. The lowest BCUT2D eigenvalue weighted by molar-refractivity contribution is 0.0948. The number of nitrogens with zero attached hydrogens (tertiary/aromatic N) is 3. The van der Waals surface area contributed by atoms with Gasteiger partial charge in [0.2, 0.25) is 0 Å². The zero-order valence-corrected chi connectivity index (χ0v) is 15.9. The van der Waals surface area contributed by atoms with E-state index in [9.17, 15) is 9.59 Å². The second-order valence-corrected chi connectivity index (χ2v) is 6.42. The summed E-state index contributed by atoms with van der Waals surface area (Å²) in [7, 11) is 3.41. The maximum atomic E-state index is 12.8. The zero-order chi connectivity index (χ0) is 19.6. The van der Waals surface area contributed by atoms with E-state index in [1.807, 2.05) is 43.7 Å². The second kappa shape index (κ2) is 7.49. The second-order valence-electron chi connectivity index (χ2n) is 6.42. The van der Waals surface area contributed by atoms with Crippen molar-refractivity contribution in [3.63, 3.8) is 0 Å². The maximum Gasteiger partial charge on any atom is 0.256 e. The summed E-state index contributed by atoms with van der Waals surface area (Å²) in [6.45, 7) is 4.31. The Labute approximate surface area is 158 Å². The van der Waals surface area contributed by atoms with E-state index in [1.165, 1.54) is 0 Å². The molecule has 0 aliphatic carbocycles. The SMILES string of the molecule is CNC(=O)c1cccc(CNC(=O)c2cnn(C)c2-n2c(C)ccc2C)c1. The molecule has 0 atom stereocenters. The number of benzene rings is 1. The van der Waals surface area contributed by atoms with E-state index in [4.69, 9.17) is 0 Å². The van der Waals surface area contributed by atoms with E-state index in [1.54, 1.807) is 36.1 Å². The van der Waals surface area contributed by atoms with E-state index < -0.39 is 0 Å². The first-order valence-corrected chi connectivity index (χ1v) is 8.69. The smallest absolute Gasteiger partial charge is 0.256 e. The van der Waals surface area contributed by atoms with Crippen LogP contribution >= 0.6 is 0 Å². The molecule has 140 valence electrons. The topological polar surface area (TPSA) is 81.0 Å². The monoisotopic (exact) mass is 365 g/mol. The van der Waals surface area contributed by atoms with Gasteiger partial charge in [0.15, 0.2) is 0 Å². The summed E-state index contributed by atoms with van der Waals surface area (Å²) in [5, 5.41) is 9.77. The van der Waals surface area contributed by atoms with E-state index in [0.29, 0.717) is 17.7 Å². The van der Waals surface area contributed by atoms with Crippen molar-refractivity contribution in [3.05, 3.63) is 70.7 Å². The fraction of sp³-hybridized carbons (Fsp3) is 0.250. The molecule has 0 saturated carbocycles. The third-order valence-electron chi connectivity index (χ3n) is 4.50. The molecule has 0 aliphatic heterocycles. The fourth-order valence-corrected chi connectivity index (χ4v) is 3.10. The number of carbonyl (C=O) groups excluding carboxylic acids is 2. The van der Waals surface area contributed by atoms with Crippen LogP contribution in [0.2, 0.25) is 0 Å². The van der Waals surface area contributed by atoms with Gasteiger partial charge in [0.25, 0.3) is 11.8 Å². The number of rotatable bonds is 5. The van der Waals surface area contributed by atoms with Crippen LogP contribution in [0.5, 0.6) is 0 Å². The predicted molar refractivity (Wildman–Crippen MR) is 103 cm³/mol. The molecule has 7 heteroatoms. The Morgan fingerprint density at radius 2 is 1.78 bits per heavy atom. The summed E-state index contributed by atoms with van der Waals surface area (Å²) in [5.41, 5.74) is 3.97. The molecule has 3 aromatic rings. The molecule has 0 saturated heterocycles. The van der Waals surface area contributed by atoms with Crippen molar-refractivity contribution in [2.24, 2.45) is 7.05 Å². The minimum Gasteiger partial charge on any atom is -0.355 e. The van der Waals surface area contributed by atoms with Gasteiger partial charge in [-0.1, -0.05) is 12.1 Å². The Bertz CT molecular complexity index is 980. The lowest BCUT2D eigenvalue weighted by atomic mass is 10.1. The fourth-order valence-electron chi connectivity index (χ4n) is 3.10. The van der Waals surface area contributed by atoms with Gasteiger partial charge in [-0.05, 0) is 43.7 Å². The van der Waals surface area contributed by atoms with Gasteiger partial charge in [-0.2, -0.15) is 5.10 Å². The predicted octanol–water partition coefficient (Wildman–Crippen LogP) is 2.12. The third-order valence-corrected chi connectivity index (χ3v) is 4.50. The lowest BCUT2D eigenvalue weighted by Crippen LogP contribution is -2.25. The first kappa shape index (κ1) is 18.4. The van der Waals surface area contributed by atoms with Crippen LogP contribution in [0.25, 0.3) is 5.82 Å². The Hall–Kier alpha value is -3.35. The number of hydrogen-bond acceptors (Lipinski definition) is 3. The molecule has 2 N–H and O–H groups in total. The summed E-state index contributed by atoms with van der Waals surface area (Å²) >= 11 is 0. The Kier molecular flexibility index (Phi) is 5.12. The average Bonchev–Trinajstić information content (AvgIpc) is 3.20. The first-order valence-electron chi connectivity index (χ1n) is 8.69. The van der Waals surface area contributed by atoms with Crippen LogP contribution in [0, 0.1) is 13.8 Å². The van der Waals surface area contributed by atoms with Crippen LogP contribution < -0.4 is 10.6 Å². The van der Waals surface area contributed by atoms with Gasteiger partial charge in [0.1, 0.15) is 11.4 Å². The number of amides is 2. The Morgan fingerprint density at radius 3 is 2.44 bits per heavy atom. The van der Waals surface area contributed by atoms with E-state index in [0.717, 1.165) is 22.8 Å². The molecule has 0 unspecified atom stereocenters. The van der Waals surface area contributed by atoms with Gasteiger partial charge in [-0.3, -0.25) is 14.3 Å². The van der Waals surface area contributed by atoms with E-state index >= 15 is 0 Å². The van der Waals surface area contributed by atoms with Crippen molar-refractivity contribution in [1.82, 2.24) is 25.0 Å². The maximum absolute atomic E-state index is 12.8. The average molecular weight is 365 g/mol. The number of aromatic nitrogens is 3. The molecule has 0 fully saturated rings. The van der Waals surface area contributed by atoms with Crippen molar-refractivity contribution in [2.45, 2.75) is 20.4 Å². The highest BCUT2D eigenvalue weighted by atomic mass is 16.2. The molecule has 0 aliphatic rings. The van der Waals surface area contributed by atoms with E-state index in [-0.39, 0.29) is 11.8 Å². The summed E-state index contributed by atoms with van der Waals surface area (Å²) in [6, 6.07) is 11.2. The van der Waals surface area contributed by atoms with Crippen LogP contribution in [0.4, 0.5) is 0 Å². The minimum absolute atomic E-state index is 0.156. The van der Waals surface area contributed by atoms with Crippen molar-refractivity contribution in [2.75, 3.05) is 7.05 Å². The standard InChI is InChI=1S/C20H23N5O2/c1-13-8-9-14(2)25(13)20-17(12-23-24(20)4)19(27)22-11-15-6-5-7-16(10-15)18(26)21-3/h5-10,12H,11H2,1-4H3,(H,21,26)(H,22,27). The van der Waals surface area contributed by atoms with Gasteiger partial charge in [0, 0.05) is 37.6 Å². The van der Waals surface area contributed by atoms with Crippen molar-refractivity contribution in [3.8, 4) is 5.82 Å². The van der Waals surface area contributed by atoms with Crippen LogP contribution in [0.3, 0.4) is 0 Å². The zero-order valence-electron chi connectivity index (χ0n) is 15.9. The first-order chi connectivity index (χ1) is 12.9. The molecule has 7 nitrogen and oxygen atoms in total. The van der Waals surface area contributed by atoms with Crippen LogP contribution in [0.15, 0.2) is 42.6 Å². The van der Waals surface area contributed by atoms with Gasteiger partial charge < -0.3 is 15.2 Å². The molecule has 1 aromatic carbocycles. The Balaban J connectivity index is 1.82. The van der Waals surface area contributed by atoms with Crippen LogP contribution in [-0.4, -0.2) is 33.2 Å². The summed E-state index contributed by atoms with van der Waals surface area (Å²) in [4.78, 5) is 24.5. The molecule has 27 heavy (non-hydrogen) atoms. The molecule has 2 aromatic heterocycles. The molecular formula is C20H23N5O2. The van der Waals surface area contributed by atoms with Gasteiger partial charge in [-0.25, -0.2) is 0 Å². The van der Waals surface area contributed by atoms with Crippen molar-refractivity contribution >= 4 is 11.8 Å². The van der Waals surface area contributed by atoms with Gasteiger partial charge in [0.05, 0.1) is 6.20 Å². The number of carbonyl (C=O) groups is 2. The molecule has 2 heterocycles. The largest absolute Gasteiger partial charge is 0.355 e. The normalized spacial score (nSPS) is 10.7. The highest BCUT2D eigenvalue weighted by Gasteiger charge is 2.19. The van der Waals surface area contributed by atoms with E-state index in [2.05, 4.69) is 15.7 Å². The molecule has 3 rings (SSSR count). The summed E-state index contributed by atoms with van der Waals surface area (Å²) in [6.07, 6.45) is 1.57. The summed E-state index contributed by atoms with van der Waals surface area (Å²) < 4.78 is 3.70. The van der Waals surface area contributed by atoms with Gasteiger partial charge in [-0.15, -0.1) is 0 Å². The van der Waals surface area contributed by atoms with Crippen LogP contribution in [-0.2, 0) is 13.6 Å². The number of nitrogens with one attached hydrogen (secondary N) is 2. The molecule has 0 bridgehead atoms. The quantitative estimate of drug-likeness (QED) is 0.727. The van der Waals surface area contributed by atoms with Crippen molar-refractivity contribution in [1.29, 1.82) is 0 Å². The molecular weight excluding hydrogens is 342 g/mol. The van der Waals surface area contributed by atoms with Crippen molar-refractivity contribution < 1.29 is 9.59 Å². The molecule has 0 spiro atoms. The lowest BCUT2D eigenvalue weighted by Gasteiger charge is -2.13. The van der Waals surface area contributed by atoms with Gasteiger partial charge >= 0.3 is 0 Å². The number of hydrogen-bond donors (Lipinski definition) is 2. The highest BCUT2D eigenvalue weighted by molar-refractivity contribution is 5.97. The van der Waals surface area contributed by atoms with Crippen LogP contribution in [0.1, 0.15) is 37.7 Å². The highest BCUT2D eigenvalue weighted by Crippen LogP contribution is 2.20.